The van der Waals surface area contributed by atoms with Crippen LogP contribution in [0.15, 0.2) is 0 Å². The lowest BCUT2D eigenvalue weighted by molar-refractivity contribution is -0.148. The van der Waals surface area contributed by atoms with E-state index in [2.05, 4.69) is 14.7 Å². The Morgan fingerprint density at radius 1 is 1.35 bits per heavy atom. The van der Waals surface area contributed by atoms with Gasteiger partial charge in [-0.15, -0.1) is 0 Å². The van der Waals surface area contributed by atoms with Gasteiger partial charge in [0.15, 0.2) is 6.10 Å². The quantitative estimate of drug-likeness (QED) is 0.762. The Labute approximate surface area is 104 Å². The summed E-state index contributed by atoms with van der Waals surface area (Å²) in [6.07, 6.45) is -0.801. The number of esters is 1. The second-order valence-corrected chi connectivity index (χ2v) is 3.58. The Bertz CT molecular complexity index is 425. The van der Waals surface area contributed by atoms with E-state index < -0.39 is 12.1 Å². The number of methoxy groups -OCH3 is 2. The number of halogens is 1. The average Bonchev–Trinajstić information content (AvgIpc) is 2.32. The zero-order valence-electron chi connectivity index (χ0n) is 9.98. The lowest BCUT2D eigenvalue weighted by Crippen LogP contribution is -2.25. The first-order valence-electron chi connectivity index (χ1n) is 4.82. The van der Waals surface area contributed by atoms with E-state index in [4.69, 9.17) is 21.1 Å². The number of aromatic nitrogens is 2. The van der Waals surface area contributed by atoms with E-state index in [1.54, 1.807) is 6.92 Å². The second kappa shape index (κ2) is 5.67. The summed E-state index contributed by atoms with van der Waals surface area (Å²) in [5.74, 6) is -0.314. The summed E-state index contributed by atoms with van der Waals surface area (Å²) in [6, 6.07) is 0.0154. The lowest BCUT2D eigenvalue weighted by atomic mass is 10.4. The van der Waals surface area contributed by atoms with E-state index in [1.807, 2.05) is 0 Å². The topological polar surface area (TPSA) is 70.5 Å². The van der Waals surface area contributed by atoms with Crippen LogP contribution >= 0.6 is 11.6 Å². The van der Waals surface area contributed by atoms with Crippen LogP contribution in [0.5, 0.6) is 11.9 Å². The maximum Gasteiger partial charge on any atom is 0.346 e. The molecule has 6 nitrogen and oxygen atoms in total. The van der Waals surface area contributed by atoms with Crippen molar-refractivity contribution in [2.75, 3.05) is 14.2 Å². The predicted molar refractivity (Wildman–Crippen MR) is 60.4 cm³/mol. The molecule has 0 saturated heterocycles. The van der Waals surface area contributed by atoms with Crippen molar-refractivity contribution in [1.29, 1.82) is 0 Å². The maximum absolute atomic E-state index is 11.2. The number of carbonyl (C=O) groups excluding carboxylic acids is 1. The minimum atomic E-state index is -0.801. The van der Waals surface area contributed by atoms with Crippen LogP contribution in [0.1, 0.15) is 12.6 Å². The summed E-state index contributed by atoms with van der Waals surface area (Å²) < 4.78 is 14.7. The number of hydrogen-bond donors (Lipinski definition) is 0. The van der Waals surface area contributed by atoms with E-state index in [-0.39, 0.29) is 11.9 Å². The molecule has 17 heavy (non-hydrogen) atoms. The van der Waals surface area contributed by atoms with Gasteiger partial charge in [0.1, 0.15) is 5.02 Å². The number of carbonyl (C=O) groups is 1. The Morgan fingerprint density at radius 2 is 2.00 bits per heavy atom. The molecule has 1 atom stereocenters. The molecule has 0 aliphatic carbocycles. The van der Waals surface area contributed by atoms with Crippen LogP contribution in [0.4, 0.5) is 0 Å². The molecule has 0 aliphatic heterocycles. The molecule has 0 fully saturated rings. The number of rotatable bonds is 4. The fourth-order valence-corrected chi connectivity index (χ4v) is 1.23. The van der Waals surface area contributed by atoms with E-state index in [9.17, 15) is 4.79 Å². The molecule has 0 aromatic carbocycles. The molecule has 94 valence electrons. The van der Waals surface area contributed by atoms with Crippen molar-refractivity contribution >= 4 is 17.6 Å². The van der Waals surface area contributed by atoms with Gasteiger partial charge >= 0.3 is 12.0 Å². The minimum Gasteiger partial charge on any atom is -0.480 e. The largest absolute Gasteiger partial charge is 0.480 e. The summed E-state index contributed by atoms with van der Waals surface area (Å²) in [4.78, 5) is 19.1. The third kappa shape index (κ3) is 3.20. The molecule has 1 heterocycles. The smallest absolute Gasteiger partial charge is 0.346 e. The van der Waals surface area contributed by atoms with Gasteiger partial charge in [0.2, 0.25) is 5.88 Å². The molecule has 1 rings (SSSR count). The van der Waals surface area contributed by atoms with E-state index in [0.717, 1.165) is 0 Å². The molecular formula is C10H13ClN2O4. The first-order chi connectivity index (χ1) is 7.99. The van der Waals surface area contributed by atoms with Gasteiger partial charge in [0, 0.05) is 0 Å². The zero-order chi connectivity index (χ0) is 13.0. The Morgan fingerprint density at radius 3 is 2.53 bits per heavy atom. The summed E-state index contributed by atoms with van der Waals surface area (Å²) in [5.41, 5.74) is 0.505. The SMILES string of the molecule is COC(=O)C(C)Oc1nc(C)c(Cl)c(OC)n1. The molecule has 0 amide bonds. The number of hydrogen-bond acceptors (Lipinski definition) is 6. The number of ether oxygens (including phenoxy) is 3. The van der Waals surface area contributed by atoms with Gasteiger partial charge < -0.3 is 14.2 Å². The van der Waals surface area contributed by atoms with Gasteiger partial charge in [-0.25, -0.2) is 4.79 Å². The molecule has 1 unspecified atom stereocenters. The molecule has 7 heteroatoms. The van der Waals surface area contributed by atoms with Crippen LogP contribution in [0.25, 0.3) is 0 Å². The van der Waals surface area contributed by atoms with Gasteiger partial charge in [0.25, 0.3) is 0 Å². The molecule has 0 N–H and O–H groups in total. The molecule has 0 saturated carbocycles. The van der Waals surface area contributed by atoms with Gasteiger partial charge in [0.05, 0.1) is 19.9 Å². The lowest BCUT2D eigenvalue weighted by Gasteiger charge is -2.12. The highest BCUT2D eigenvalue weighted by Crippen LogP contribution is 2.26. The van der Waals surface area contributed by atoms with Gasteiger partial charge in [-0.1, -0.05) is 11.6 Å². The highest BCUT2D eigenvalue weighted by Gasteiger charge is 2.18. The summed E-state index contributed by atoms with van der Waals surface area (Å²) in [7, 11) is 2.71. The second-order valence-electron chi connectivity index (χ2n) is 3.20. The van der Waals surface area contributed by atoms with Crippen LogP contribution in [-0.2, 0) is 9.53 Å². The van der Waals surface area contributed by atoms with Crippen molar-refractivity contribution in [3.05, 3.63) is 10.7 Å². The van der Waals surface area contributed by atoms with Crippen LogP contribution in [0, 0.1) is 6.92 Å². The van der Waals surface area contributed by atoms with Crippen LogP contribution in [-0.4, -0.2) is 36.3 Å². The van der Waals surface area contributed by atoms with E-state index in [1.165, 1.54) is 21.1 Å². The Kier molecular flexibility index (Phi) is 4.51. The maximum atomic E-state index is 11.2. The standard InChI is InChI=1S/C10H13ClN2O4/c1-5-7(11)8(15-3)13-10(12-5)17-6(2)9(14)16-4/h6H,1-4H3. The van der Waals surface area contributed by atoms with Crippen molar-refractivity contribution in [3.63, 3.8) is 0 Å². The number of nitrogens with zero attached hydrogens (tertiary/aromatic N) is 2. The van der Waals surface area contributed by atoms with Crippen molar-refractivity contribution in [1.82, 2.24) is 9.97 Å². The summed E-state index contributed by atoms with van der Waals surface area (Å²) in [6.45, 7) is 3.22. The van der Waals surface area contributed by atoms with E-state index >= 15 is 0 Å². The average molecular weight is 261 g/mol. The molecule has 0 radical (unpaired) electrons. The van der Waals surface area contributed by atoms with Crippen LogP contribution < -0.4 is 9.47 Å². The summed E-state index contributed by atoms with van der Waals surface area (Å²) >= 11 is 5.89. The molecule has 0 aliphatic rings. The van der Waals surface area contributed by atoms with E-state index in [0.29, 0.717) is 10.7 Å². The van der Waals surface area contributed by atoms with Gasteiger partial charge in [-0.05, 0) is 13.8 Å². The molecular weight excluding hydrogens is 248 g/mol. The fourth-order valence-electron chi connectivity index (χ4n) is 1.07. The monoisotopic (exact) mass is 260 g/mol. The predicted octanol–water partition coefficient (Wildman–Crippen LogP) is 1.39. The Hall–Kier alpha value is -1.56. The Balaban J connectivity index is 2.92. The minimum absolute atomic E-state index is 0.0154. The van der Waals surface area contributed by atoms with Crippen molar-refractivity contribution in [2.24, 2.45) is 0 Å². The van der Waals surface area contributed by atoms with Crippen molar-refractivity contribution in [2.45, 2.75) is 20.0 Å². The first-order valence-corrected chi connectivity index (χ1v) is 5.20. The molecule has 0 bridgehead atoms. The van der Waals surface area contributed by atoms with Gasteiger partial charge in [-0.2, -0.15) is 9.97 Å². The third-order valence-corrected chi connectivity index (χ3v) is 2.41. The molecule has 1 aromatic heterocycles. The highest BCUT2D eigenvalue weighted by molar-refractivity contribution is 6.32. The molecule has 1 aromatic rings. The summed E-state index contributed by atoms with van der Waals surface area (Å²) in [5, 5.41) is 0.311. The zero-order valence-corrected chi connectivity index (χ0v) is 10.7. The number of aryl methyl sites for hydroxylation is 1. The third-order valence-electron chi connectivity index (χ3n) is 1.97. The normalized spacial score (nSPS) is 11.8. The fraction of sp³-hybridized carbons (Fsp3) is 0.500. The van der Waals surface area contributed by atoms with Gasteiger partial charge in [-0.3, -0.25) is 0 Å². The van der Waals surface area contributed by atoms with Crippen molar-refractivity contribution < 1.29 is 19.0 Å². The molecule has 0 spiro atoms. The first kappa shape index (κ1) is 13.5. The highest BCUT2D eigenvalue weighted by atomic mass is 35.5. The van der Waals surface area contributed by atoms with Crippen LogP contribution in [0.3, 0.4) is 0 Å². The van der Waals surface area contributed by atoms with Crippen LogP contribution in [0.2, 0.25) is 5.02 Å². The van der Waals surface area contributed by atoms with Crippen molar-refractivity contribution in [3.8, 4) is 11.9 Å².